The minimum atomic E-state index is -0.0156. The van der Waals surface area contributed by atoms with Crippen LogP contribution in [0.5, 0.6) is 5.75 Å². The van der Waals surface area contributed by atoms with Crippen molar-refractivity contribution in [1.29, 1.82) is 0 Å². The van der Waals surface area contributed by atoms with Crippen molar-refractivity contribution < 1.29 is 9.90 Å². The summed E-state index contributed by atoms with van der Waals surface area (Å²) < 4.78 is 1.90. The summed E-state index contributed by atoms with van der Waals surface area (Å²) in [6.45, 7) is 0.905. The van der Waals surface area contributed by atoms with Crippen LogP contribution in [-0.4, -0.2) is 22.1 Å². The van der Waals surface area contributed by atoms with Crippen molar-refractivity contribution in [2.75, 3.05) is 6.54 Å². The Labute approximate surface area is 145 Å². The number of nitrogens with one attached hydrogen (secondary N) is 1. The van der Waals surface area contributed by atoms with Gasteiger partial charge in [-0.2, -0.15) is 0 Å². The average molecular weight is 343 g/mol. The first kappa shape index (κ1) is 16.4. The standard InChI is InChI=1S/C19H19ClN2O2/c20-16-6-5-15-9-11-22(18(15)12-16)13-19(24)21-10-1-2-14-3-7-17(23)8-4-14/h3-9,11-12,23H,1-2,10,13H2,(H,21,24). The number of halogens is 1. The quantitative estimate of drug-likeness (QED) is 0.670. The van der Waals surface area contributed by atoms with Gasteiger partial charge in [0.2, 0.25) is 5.91 Å². The molecule has 0 fully saturated rings. The highest BCUT2D eigenvalue weighted by atomic mass is 35.5. The maximum absolute atomic E-state index is 12.1. The second kappa shape index (κ2) is 7.41. The molecule has 0 atom stereocenters. The van der Waals surface area contributed by atoms with Gasteiger partial charge in [-0.05, 0) is 54.1 Å². The van der Waals surface area contributed by atoms with E-state index in [2.05, 4.69) is 5.32 Å². The third kappa shape index (κ3) is 4.09. The van der Waals surface area contributed by atoms with E-state index in [1.54, 1.807) is 12.1 Å². The predicted molar refractivity (Wildman–Crippen MR) is 96.4 cm³/mol. The molecule has 0 radical (unpaired) electrons. The number of phenolic OH excluding ortho intramolecular Hbond substituents is 1. The van der Waals surface area contributed by atoms with Crippen molar-refractivity contribution in [1.82, 2.24) is 9.88 Å². The molecule has 0 unspecified atom stereocenters. The maximum Gasteiger partial charge on any atom is 0.239 e. The third-order valence-corrected chi connectivity index (χ3v) is 4.19. The first-order valence-electron chi connectivity index (χ1n) is 7.91. The summed E-state index contributed by atoms with van der Waals surface area (Å²) in [6, 6.07) is 14.8. The van der Waals surface area contributed by atoms with Gasteiger partial charge in [-0.1, -0.05) is 29.8 Å². The Balaban J connectivity index is 1.48. The molecule has 4 nitrogen and oxygen atoms in total. The van der Waals surface area contributed by atoms with Gasteiger partial charge in [0.05, 0.1) is 0 Å². The van der Waals surface area contributed by atoms with Crippen LogP contribution < -0.4 is 5.32 Å². The maximum atomic E-state index is 12.1. The summed E-state index contributed by atoms with van der Waals surface area (Å²) in [5.74, 6) is 0.254. The zero-order valence-electron chi connectivity index (χ0n) is 13.2. The number of hydrogen-bond acceptors (Lipinski definition) is 2. The predicted octanol–water partition coefficient (Wildman–Crippen LogP) is 3.75. The van der Waals surface area contributed by atoms with E-state index < -0.39 is 0 Å². The molecule has 0 saturated carbocycles. The second-order valence-corrected chi connectivity index (χ2v) is 6.20. The van der Waals surface area contributed by atoms with E-state index in [4.69, 9.17) is 11.6 Å². The number of fused-ring (bicyclic) bond motifs is 1. The fourth-order valence-corrected chi connectivity index (χ4v) is 2.85. The fourth-order valence-electron chi connectivity index (χ4n) is 2.69. The largest absolute Gasteiger partial charge is 0.508 e. The molecule has 124 valence electrons. The van der Waals surface area contributed by atoms with Crippen LogP contribution in [0.25, 0.3) is 10.9 Å². The number of aromatic hydroxyl groups is 1. The number of rotatable bonds is 6. The summed E-state index contributed by atoms with van der Waals surface area (Å²) in [5.41, 5.74) is 2.11. The van der Waals surface area contributed by atoms with E-state index in [9.17, 15) is 9.90 Å². The lowest BCUT2D eigenvalue weighted by Gasteiger charge is -2.08. The topological polar surface area (TPSA) is 54.3 Å². The highest BCUT2D eigenvalue weighted by Gasteiger charge is 2.06. The van der Waals surface area contributed by atoms with Crippen LogP contribution >= 0.6 is 11.6 Å². The van der Waals surface area contributed by atoms with Crippen molar-refractivity contribution >= 4 is 28.4 Å². The summed E-state index contributed by atoms with van der Waals surface area (Å²) in [4.78, 5) is 12.1. The first-order valence-corrected chi connectivity index (χ1v) is 8.28. The summed E-state index contributed by atoms with van der Waals surface area (Å²) in [7, 11) is 0. The molecule has 0 spiro atoms. The van der Waals surface area contributed by atoms with Crippen LogP contribution in [0.3, 0.4) is 0 Å². The molecule has 0 saturated heterocycles. The van der Waals surface area contributed by atoms with Crippen LogP contribution in [0.2, 0.25) is 5.02 Å². The number of amides is 1. The molecule has 0 aliphatic carbocycles. The number of aryl methyl sites for hydroxylation is 1. The lowest BCUT2D eigenvalue weighted by atomic mass is 10.1. The zero-order valence-corrected chi connectivity index (χ0v) is 14.0. The van der Waals surface area contributed by atoms with E-state index >= 15 is 0 Å². The van der Waals surface area contributed by atoms with Gasteiger partial charge in [-0.3, -0.25) is 4.79 Å². The molecule has 0 bridgehead atoms. The average Bonchev–Trinajstić information content (AvgIpc) is 2.95. The molecule has 24 heavy (non-hydrogen) atoms. The summed E-state index contributed by atoms with van der Waals surface area (Å²) in [6.07, 6.45) is 3.62. The van der Waals surface area contributed by atoms with Crippen LogP contribution in [0.4, 0.5) is 0 Å². The molecule has 1 heterocycles. The van der Waals surface area contributed by atoms with Gasteiger partial charge in [0, 0.05) is 23.3 Å². The molecular formula is C19H19ClN2O2. The smallest absolute Gasteiger partial charge is 0.239 e. The van der Waals surface area contributed by atoms with E-state index in [1.807, 2.05) is 47.2 Å². The molecular weight excluding hydrogens is 324 g/mol. The van der Waals surface area contributed by atoms with Gasteiger partial charge in [-0.15, -0.1) is 0 Å². The normalized spacial score (nSPS) is 10.9. The number of aromatic nitrogens is 1. The second-order valence-electron chi connectivity index (χ2n) is 5.77. The van der Waals surface area contributed by atoms with E-state index in [0.29, 0.717) is 11.6 Å². The van der Waals surface area contributed by atoms with E-state index in [0.717, 1.165) is 29.3 Å². The fraction of sp³-hybridized carbons (Fsp3) is 0.211. The van der Waals surface area contributed by atoms with Gasteiger partial charge in [0.15, 0.2) is 0 Å². The van der Waals surface area contributed by atoms with Crippen LogP contribution in [0.15, 0.2) is 54.7 Å². The number of benzene rings is 2. The van der Waals surface area contributed by atoms with Crippen LogP contribution in [0, 0.1) is 0 Å². The molecule has 1 aromatic heterocycles. The van der Waals surface area contributed by atoms with Crippen molar-refractivity contribution in [2.24, 2.45) is 0 Å². The van der Waals surface area contributed by atoms with Crippen molar-refractivity contribution in [3.63, 3.8) is 0 Å². The Morgan fingerprint density at radius 3 is 2.71 bits per heavy atom. The number of phenols is 1. The third-order valence-electron chi connectivity index (χ3n) is 3.95. The Bertz CT molecular complexity index is 840. The minimum Gasteiger partial charge on any atom is -0.508 e. The van der Waals surface area contributed by atoms with Crippen molar-refractivity contribution in [3.05, 3.63) is 65.3 Å². The number of nitrogens with zero attached hydrogens (tertiary/aromatic N) is 1. The van der Waals surface area contributed by atoms with Gasteiger partial charge in [0.1, 0.15) is 12.3 Å². The Hall–Kier alpha value is -2.46. The highest BCUT2D eigenvalue weighted by Crippen LogP contribution is 2.20. The van der Waals surface area contributed by atoms with Gasteiger partial charge in [-0.25, -0.2) is 0 Å². The lowest BCUT2D eigenvalue weighted by molar-refractivity contribution is -0.121. The number of hydrogen-bond donors (Lipinski definition) is 2. The van der Waals surface area contributed by atoms with Gasteiger partial charge < -0.3 is 15.0 Å². The van der Waals surface area contributed by atoms with Gasteiger partial charge >= 0.3 is 0 Å². The summed E-state index contributed by atoms with van der Waals surface area (Å²) >= 11 is 6.02. The highest BCUT2D eigenvalue weighted by molar-refractivity contribution is 6.31. The molecule has 2 N–H and O–H groups in total. The van der Waals surface area contributed by atoms with Crippen LogP contribution in [-0.2, 0) is 17.8 Å². The molecule has 0 aliphatic rings. The minimum absolute atomic E-state index is 0.0156. The Morgan fingerprint density at radius 2 is 1.92 bits per heavy atom. The summed E-state index contributed by atoms with van der Waals surface area (Å²) in [5, 5.41) is 13.9. The van der Waals surface area contributed by atoms with Gasteiger partial charge in [0.25, 0.3) is 0 Å². The Kier molecular flexibility index (Phi) is 5.06. The molecule has 0 aliphatic heterocycles. The first-order chi connectivity index (χ1) is 11.6. The Morgan fingerprint density at radius 1 is 1.12 bits per heavy atom. The SMILES string of the molecule is O=C(Cn1ccc2ccc(Cl)cc21)NCCCc1ccc(O)cc1. The molecule has 3 rings (SSSR count). The molecule has 1 amide bonds. The number of carbonyl (C=O) groups is 1. The monoisotopic (exact) mass is 342 g/mol. The molecule has 5 heteroatoms. The van der Waals surface area contributed by atoms with E-state index in [1.165, 1.54) is 0 Å². The van der Waals surface area contributed by atoms with Crippen LogP contribution in [0.1, 0.15) is 12.0 Å². The lowest BCUT2D eigenvalue weighted by Crippen LogP contribution is -2.28. The zero-order chi connectivity index (χ0) is 16.9. The van der Waals surface area contributed by atoms with E-state index in [-0.39, 0.29) is 18.2 Å². The molecule has 2 aromatic carbocycles. The van der Waals surface area contributed by atoms with Crippen molar-refractivity contribution in [3.8, 4) is 5.75 Å². The molecule has 3 aromatic rings. The number of carbonyl (C=O) groups excluding carboxylic acids is 1. The van der Waals surface area contributed by atoms with Crippen molar-refractivity contribution in [2.45, 2.75) is 19.4 Å².